The Morgan fingerprint density at radius 3 is 2.48 bits per heavy atom. The molecule has 1 unspecified atom stereocenters. The van der Waals surface area contributed by atoms with E-state index in [9.17, 15) is 27.9 Å². The summed E-state index contributed by atoms with van der Waals surface area (Å²) in [5.41, 5.74) is -1.16. The van der Waals surface area contributed by atoms with Gasteiger partial charge in [0.2, 0.25) is 0 Å². The molecule has 9 heteroatoms. The first-order valence-corrected chi connectivity index (χ1v) is 7.43. The summed E-state index contributed by atoms with van der Waals surface area (Å²) < 4.78 is 37.7. The Morgan fingerprint density at radius 1 is 1.32 bits per heavy atom. The molecule has 1 heterocycles. The van der Waals surface area contributed by atoms with Crippen molar-refractivity contribution >= 4 is 5.91 Å². The Kier molecular flexibility index (Phi) is 5.58. The Hall–Kier alpha value is -2.68. The molecular formula is C16H16F3N3O3. The predicted molar refractivity (Wildman–Crippen MR) is 83.0 cm³/mol. The number of aromatic amines is 1. The summed E-state index contributed by atoms with van der Waals surface area (Å²) in [6, 6.07) is 4.16. The van der Waals surface area contributed by atoms with Gasteiger partial charge in [-0.2, -0.15) is 13.2 Å². The molecule has 0 aliphatic rings. The largest absolute Gasteiger partial charge is 0.416 e. The van der Waals surface area contributed by atoms with Crippen LogP contribution >= 0.6 is 0 Å². The van der Waals surface area contributed by atoms with Crippen molar-refractivity contribution in [1.29, 1.82) is 0 Å². The van der Waals surface area contributed by atoms with Crippen LogP contribution in [0.4, 0.5) is 13.2 Å². The van der Waals surface area contributed by atoms with E-state index in [1.807, 2.05) is 0 Å². The number of aliphatic hydroxyl groups is 1. The minimum Gasteiger partial charge on any atom is -0.394 e. The quantitative estimate of drug-likeness (QED) is 0.762. The molecule has 3 N–H and O–H groups in total. The van der Waals surface area contributed by atoms with Gasteiger partial charge >= 0.3 is 6.18 Å². The summed E-state index contributed by atoms with van der Waals surface area (Å²) >= 11 is 0. The number of carbonyl (C=O) groups excluding carboxylic acids is 1. The highest BCUT2D eigenvalue weighted by Gasteiger charge is 2.30. The number of aryl methyl sites for hydroxylation is 1. The summed E-state index contributed by atoms with van der Waals surface area (Å²) in [7, 11) is 0. The van der Waals surface area contributed by atoms with E-state index in [-0.39, 0.29) is 5.69 Å². The first kappa shape index (κ1) is 18.7. The lowest BCUT2D eigenvalue weighted by Gasteiger charge is -2.17. The van der Waals surface area contributed by atoms with E-state index in [4.69, 9.17) is 0 Å². The number of hydrogen-bond acceptors (Lipinski definition) is 4. The van der Waals surface area contributed by atoms with Gasteiger partial charge in [-0.25, -0.2) is 4.98 Å². The fraction of sp³-hybridized carbons (Fsp3) is 0.312. The van der Waals surface area contributed by atoms with Crippen LogP contribution in [0.15, 0.2) is 35.1 Å². The van der Waals surface area contributed by atoms with Gasteiger partial charge in [-0.1, -0.05) is 19.1 Å². The van der Waals surface area contributed by atoms with E-state index in [0.717, 1.165) is 18.2 Å². The molecule has 0 spiro atoms. The predicted octanol–water partition coefficient (Wildman–Crippen LogP) is 1.81. The van der Waals surface area contributed by atoms with Crippen LogP contribution in [0.25, 0.3) is 0 Å². The van der Waals surface area contributed by atoms with Crippen molar-refractivity contribution in [3.63, 3.8) is 0 Å². The summed E-state index contributed by atoms with van der Waals surface area (Å²) in [5, 5.41) is 11.9. The monoisotopic (exact) mass is 355 g/mol. The number of carbonyl (C=O) groups is 1. The zero-order chi connectivity index (χ0) is 18.6. The molecule has 1 aromatic carbocycles. The van der Waals surface area contributed by atoms with E-state index in [1.165, 1.54) is 12.1 Å². The smallest absolute Gasteiger partial charge is 0.394 e. The fourth-order valence-corrected chi connectivity index (χ4v) is 2.16. The number of hydrogen-bond donors (Lipinski definition) is 3. The van der Waals surface area contributed by atoms with Gasteiger partial charge in [-0.05, 0) is 17.7 Å². The maximum atomic E-state index is 12.6. The van der Waals surface area contributed by atoms with Gasteiger partial charge in [0.15, 0.2) is 0 Å². The van der Waals surface area contributed by atoms with Crippen LogP contribution in [0, 0.1) is 0 Å². The molecule has 2 rings (SSSR count). The number of alkyl halides is 3. The average molecular weight is 355 g/mol. The van der Waals surface area contributed by atoms with Gasteiger partial charge in [0.05, 0.1) is 18.2 Å². The second kappa shape index (κ2) is 7.47. The van der Waals surface area contributed by atoms with Gasteiger partial charge in [0, 0.05) is 12.5 Å². The van der Waals surface area contributed by atoms with Crippen LogP contribution in [0.5, 0.6) is 0 Å². The Morgan fingerprint density at radius 2 is 1.96 bits per heavy atom. The molecular weight excluding hydrogens is 339 g/mol. The lowest BCUT2D eigenvalue weighted by molar-refractivity contribution is -0.137. The summed E-state index contributed by atoms with van der Waals surface area (Å²) in [6.07, 6.45) is -4.05. The van der Waals surface area contributed by atoms with Gasteiger partial charge in [0.25, 0.3) is 11.5 Å². The number of amides is 1. The van der Waals surface area contributed by atoms with Crippen LogP contribution in [0.1, 0.15) is 40.4 Å². The van der Waals surface area contributed by atoms with Crippen LogP contribution in [0.2, 0.25) is 0 Å². The fourth-order valence-electron chi connectivity index (χ4n) is 2.16. The highest BCUT2D eigenvalue weighted by Crippen LogP contribution is 2.29. The Bertz CT molecular complexity index is 801. The van der Waals surface area contributed by atoms with E-state index in [1.54, 1.807) is 6.92 Å². The average Bonchev–Trinajstić information content (AvgIpc) is 2.58. The summed E-state index contributed by atoms with van der Waals surface area (Å²) in [4.78, 5) is 30.2. The standard InChI is InChI=1S/C16H16F3N3O3/c1-2-13-20-11(7-14(24)22-13)15(25)21-12(8-23)9-3-5-10(6-4-9)16(17,18)19/h3-7,12,23H,2,8H2,1H3,(H,21,25)(H,20,22,24). The molecule has 6 nitrogen and oxygen atoms in total. The van der Waals surface area contributed by atoms with Crippen molar-refractivity contribution in [3.05, 3.63) is 63.3 Å². The van der Waals surface area contributed by atoms with Gasteiger partial charge in [0.1, 0.15) is 11.5 Å². The molecule has 0 aliphatic carbocycles. The number of halogens is 3. The van der Waals surface area contributed by atoms with Gasteiger partial charge in [-0.3, -0.25) is 9.59 Å². The second-order valence-electron chi connectivity index (χ2n) is 5.26. The molecule has 1 amide bonds. The highest BCUT2D eigenvalue weighted by molar-refractivity contribution is 5.92. The molecule has 0 aliphatic heterocycles. The molecule has 1 atom stereocenters. The molecule has 25 heavy (non-hydrogen) atoms. The molecule has 0 saturated heterocycles. The van der Waals surface area contributed by atoms with Gasteiger partial charge < -0.3 is 15.4 Å². The maximum Gasteiger partial charge on any atom is 0.416 e. The van der Waals surface area contributed by atoms with E-state index in [0.29, 0.717) is 17.8 Å². The lowest BCUT2D eigenvalue weighted by atomic mass is 10.0. The molecule has 134 valence electrons. The minimum absolute atomic E-state index is 0.133. The molecule has 1 aromatic heterocycles. The van der Waals surface area contributed by atoms with Crippen molar-refractivity contribution in [2.45, 2.75) is 25.6 Å². The van der Waals surface area contributed by atoms with Crippen LogP contribution in [-0.2, 0) is 12.6 Å². The molecule has 0 bridgehead atoms. The number of H-pyrrole nitrogens is 1. The van der Waals surface area contributed by atoms with Gasteiger partial charge in [-0.15, -0.1) is 0 Å². The number of nitrogens with zero attached hydrogens (tertiary/aromatic N) is 1. The second-order valence-corrected chi connectivity index (χ2v) is 5.26. The lowest BCUT2D eigenvalue weighted by Crippen LogP contribution is -2.32. The number of aromatic nitrogens is 2. The molecule has 0 radical (unpaired) electrons. The zero-order valence-electron chi connectivity index (χ0n) is 13.2. The molecule has 2 aromatic rings. The first-order valence-electron chi connectivity index (χ1n) is 7.43. The number of benzene rings is 1. The number of rotatable bonds is 5. The Labute approximate surface area is 140 Å². The van der Waals surface area contributed by atoms with E-state index in [2.05, 4.69) is 15.3 Å². The summed E-state index contributed by atoms with van der Waals surface area (Å²) in [6.45, 7) is 1.22. The van der Waals surface area contributed by atoms with Crippen LogP contribution in [-0.4, -0.2) is 27.6 Å². The number of aliphatic hydroxyl groups excluding tert-OH is 1. The van der Waals surface area contributed by atoms with E-state index >= 15 is 0 Å². The SMILES string of the molecule is CCc1nc(C(=O)NC(CO)c2ccc(C(F)(F)F)cc2)cc(=O)[nH]1. The zero-order valence-corrected chi connectivity index (χ0v) is 13.2. The third-order valence-electron chi connectivity index (χ3n) is 3.49. The minimum atomic E-state index is -4.47. The maximum absolute atomic E-state index is 12.6. The first-order chi connectivity index (χ1) is 11.7. The van der Waals surface area contributed by atoms with Crippen LogP contribution < -0.4 is 10.9 Å². The number of nitrogens with one attached hydrogen (secondary N) is 2. The van der Waals surface area contributed by atoms with Crippen molar-refractivity contribution in [2.75, 3.05) is 6.61 Å². The normalized spacial score (nSPS) is 12.7. The van der Waals surface area contributed by atoms with Crippen LogP contribution in [0.3, 0.4) is 0 Å². The van der Waals surface area contributed by atoms with Crippen molar-refractivity contribution in [2.24, 2.45) is 0 Å². The Balaban J connectivity index is 2.20. The van der Waals surface area contributed by atoms with E-state index < -0.39 is 35.9 Å². The topological polar surface area (TPSA) is 95.1 Å². The summed E-state index contributed by atoms with van der Waals surface area (Å²) in [5.74, 6) is -0.382. The van der Waals surface area contributed by atoms with Crippen molar-refractivity contribution < 1.29 is 23.1 Å². The molecule has 0 saturated carbocycles. The highest BCUT2D eigenvalue weighted by atomic mass is 19.4. The molecule has 0 fully saturated rings. The third kappa shape index (κ3) is 4.66. The third-order valence-corrected chi connectivity index (χ3v) is 3.49. The van der Waals surface area contributed by atoms with Crippen molar-refractivity contribution in [1.82, 2.24) is 15.3 Å². The van der Waals surface area contributed by atoms with Crippen molar-refractivity contribution in [3.8, 4) is 0 Å².